The van der Waals surface area contributed by atoms with Crippen molar-refractivity contribution in [3.05, 3.63) is 162 Å². The number of fused-ring (bicyclic) bond motifs is 4. The van der Waals surface area contributed by atoms with Crippen LogP contribution in [0.2, 0.25) is 10.0 Å². The molecule has 0 aliphatic rings. The summed E-state index contributed by atoms with van der Waals surface area (Å²) in [6.07, 6.45) is 3.52. The minimum absolute atomic E-state index is 0.659. The first-order valence-corrected chi connectivity index (χ1v) is 16.4. The normalized spacial score (nSPS) is 11.1. The molecule has 49 heavy (non-hydrogen) atoms. The number of hydrogen-bond acceptors (Lipinski definition) is 6. The number of nitrogens with zero attached hydrogens (tertiary/aromatic N) is 5. The van der Waals surface area contributed by atoms with Crippen LogP contribution in [0.4, 0.5) is 11.4 Å². The van der Waals surface area contributed by atoms with Crippen molar-refractivity contribution in [2.24, 2.45) is 0 Å². The van der Waals surface area contributed by atoms with Crippen molar-refractivity contribution in [2.45, 2.75) is 0 Å². The molecule has 0 unspecified atom stereocenters. The summed E-state index contributed by atoms with van der Waals surface area (Å²) in [7, 11) is 0. The fraction of sp³-hybridized carbons (Fsp3) is 0. The van der Waals surface area contributed by atoms with Gasteiger partial charge >= 0.3 is 0 Å². The maximum Gasteiger partial charge on any atom is 0.0973 e. The third kappa shape index (κ3) is 6.35. The molecule has 6 nitrogen and oxygen atoms in total. The van der Waals surface area contributed by atoms with E-state index in [0.29, 0.717) is 5.02 Å². The zero-order valence-corrected chi connectivity index (χ0v) is 27.4. The summed E-state index contributed by atoms with van der Waals surface area (Å²) < 4.78 is 0. The lowest BCUT2D eigenvalue weighted by Crippen LogP contribution is -1.96. The fourth-order valence-corrected chi connectivity index (χ4v) is 6.11. The first-order valence-electron chi connectivity index (χ1n) is 15.6. The average Bonchev–Trinajstić information content (AvgIpc) is 3.14. The van der Waals surface area contributed by atoms with Gasteiger partial charge in [-0.05, 0) is 78.4 Å². The lowest BCUT2D eigenvalue weighted by molar-refractivity contribution is 1.32. The van der Waals surface area contributed by atoms with Crippen LogP contribution in [0.15, 0.2) is 152 Å². The Balaban J connectivity index is 0.000000148. The Hall–Kier alpha value is -5.95. The highest BCUT2D eigenvalue weighted by Gasteiger charge is 2.13. The van der Waals surface area contributed by atoms with Crippen molar-refractivity contribution < 1.29 is 0 Å². The quantitative estimate of drug-likeness (QED) is 0.187. The molecule has 1 N–H and O–H groups in total. The summed E-state index contributed by atoms with van der Waals surface area (Å²) in [6.45, 7) is 0. The second kappa shape index (κ2) is 13.3. The number of halogens is 2. The maximum absolute atomic E-state index is 6.28. The molecule has 0 fully saturated rings. The molecular formula is C41H26Cl2N6. The van der Waals surface area contributed by atoms with E-state index in [-0.39, 0.29) is 0 Å². The van der Waals surface area contributed by atoms with E-state index in [2.05, 4.69) is 22.4 Å². The topological polar surface area (TPSA) is 76.5 Å². The molecule has 0 saturated carbocycles. The van der Waals surface area contributed by atoms with Gasteiger partial charge in [0.1, 0.15) is 0 Å². The predicted molar refractivity (Wildman–Crippen MR) is 202 cm³/mol. The minimum atomic E-state index is 0.659. The van der Waals surface area contributed by atoms with Crippen LogP contribution < -0.4 is 5.32 Å². The Labute approximate surface area is 292 Å². The molecule has 0 radical (unpaired) electrons. The fourth-order valence-electron chi connectivity index (χ4n) is 5.81. The zero-order chi connectivity index (χ0) is 33.2. The van der Waals surface area contributed by atoms with E-state index in [0.717, 1.165) is 82.8 Å². The molecule has 6 aromatic carbocycles. The van der Waals surface area contributed by atoms with Gasteiger partial charge in [0.25, 0.3) is 0 Å². The lowest BCUT2D eigenvalue weighted by atomic mass is 10.0. The molecule has 8 heteroatoms. The van der Waals surface area contributed by atoms with Crippen molar-refractivity contribution in [1.82, 2.24) is 24.9 Å². The second-order valence-corrected chi connectivity index (χ2v) is 12.2. The van der Waals surface area contributed by atoms with E-state index in [1.165, 1.54) is 0 Å². The minimum Gasteiger partial charge on any atom is -0.354 e. The van der Waals surface area contributed by atoms with Gasteiger partial charge in [-0.25, -0.2) is 19.9 Å². The van der Waals surface area contributed by atoms with Crippen molar-refractivity contribution in [2.75, 3.05) is 5.32 Å². The smallest absolute Gasteiger partial charge is 0.0973 e. The SMILES string of the molecule is Clc1ccc(-c2cccc3nc4ccccc4nc23)c(Nc2cccnc2)c1.Clc1ccc(-c2cccc3nc4ccccc4nc23)cc1. The number of pyridine rings is 1. The van der Waals surface area contributed by atoms with Gasteiger partial charge < -0.3 is 5.32 Å². The van der Waals surface area contributed by atoms with Crippen molar-refractivity contribution in [3.8, 4) is 22.3 Å². The monoisotopic (exact) mass is 672 g/mol. The molecule has 0 bridgehead atoms. The number of benzene rings is 6. The largest absolute Gasteiger partial charge is 0.354 e. The number of nitrogens with one attached hydrogen (secondary N) is 1. The van der Waals surface area contributed by atoms with Gasteiger partial charge in [0.05, 0.1) is 56.0 Å². The molecule has 9 rings (SSSR count). The molecule has 9 aromatic rings. The molecule has 3 heterocycles. The van der Waals surface area contributed by atoms with Crippen LogP contribution in [0.3, 0.4) is 0 Å². The van der Waals surface area contributed by atoms with Crippen LogP contribution in [0.1, 0.15) is 0 Å². The summed E-state index contributed by atoms with van der Waals surface area (Å²) in [5.74, 6) is 0. The van der Waals surface area contributed by atoms with Gasteiger partial charge in [0.15, 0.2) is 0 Å². The Kier molecular flexibility index (Phi) is 8.23. The number of para-hydroxylation sites is 6. The van der Waals surface area contributed by atoms with E-state index in [1.54, 1.807) is 12.4 Å². The highest BCUT2D eigenvalue weighted by atomic mass is 35.5. The molecule has 0 amide bonds. The number of rotatable bonds is 4. The number of hydrogen-bond donors (Lipinski definition) is 1. The van der Waals surface area contributed by atoms with E-state index in [4.69, 9.17) is 43.1 Å². The van der Waals surface area contributed by atoms with Crippen LogP contribution in [-0.2, 0) is 0 Å². The van der Waals surface area contributed by atoms with E-state index >= 15 is 0 Å². The Morgan fingerprint density at radius 1 is 0.429 bits per heavy atom. The van der Waals surface area contributed by atoms with Gasteiger partial charge in [-0.3, -0.25) is 4.98 Å². The maximum atomic E-state index is 6.28. The molecule has 234 valence electrons. The van der Waals surface area contributed by atoms with Crippen LogP contribution in [0.25, 0.3) is 66.4 Å². The van der Waals surface area contributed by atoms with Gasteiger partial charge in [0, 0.05) is 38.6 Å². The highest BCUT2D eigenvalue weighted by Crippen LogP contribution is 2.36. The third-order valence-electron chi connectivity index (χ3n) is 8.11. The summed E-state index contributed by atoms with van der Waals surface area (Å²) in [4.78, 5) is 23.3. The van der Waals surface area contributed by atoms with E-state index in [9.17, 15) is 0 Å². The van der Waals surface area contributed by atoms with Gasteiger partial charge in [-0.2, -0.15) is 0 Å². The molecule has 0 atom stereocenters. The molecule has 0 spiro atoms. The third-order valence-corrected chi connectivity index (χ3v) is 8.59. The van der Waals surface area contributed by atoms with Crippen LogP contribution in [-0.4, -0.2) is 24.9 Å². The van der Waals surface area contributed by atoms with Crippen molar-refractivity contribution >= 4 is 78.7 Å². The van der Waals surface area contributed by atoms with Gasteiger partial charge in [-0.15, -0.1) is 0 Å². The Morgan fingerprint density at radius 3 is 1.59 bits per heavy atom. The second-order valence-electron chi connectivity index (χ2n) is 11.3. The lowest BCUT2D eigenvalue weighted by Gasteiger charge is -2.14. The number of anilines is 2. The van der Waals surface area contributed by atoms with Crippen LogP contribution >= 0.6 is 23.2 Å². The predicted octanol–water partition coefficient (Wildman–Crippen LogP) is 11.3. The summed E-state index contributed by atoms with van der Waals surface area (Å²) >= 11 is 12.3. The van der Waals surface area contributed by atoms with Crippen molar-refractivity contribution in [3.63, 3.8) is 0 Å². The Bertz CT molecular complexity index is 2610. The highest BCUT2D eigenvalue weighted by molar-refractivity contribution is 6.31. The zero-order valence-electron chi connectivity index (χ0n) is 25.9. The van der Waals surface area contributed by atoms with Gasteiger partial charge in [0.2, 0.25) is 0 Å². The van der Waals surface area contributed by atoms with Gasteiger partial charge in [-0.1, -0.05) is 89.9 Å². The van der Waals surface area contributed by atoms with E-state index < -0.39 is 0 Å². The summed E-state index contributed by atoms with van der Waals surface area (Å²) in [5.41, 5.74) is 13.1. The van der Waals surface area contributed by atoms with E-state index in [1.807, 2.05) is 127 Å². The molecule has 0 aliphatic carbocycles. The molecule has 3 aromatic heterocycles. The Morgan fingerprint density at radius 2 is 0.980 bits per heavy atom. The van der Waals surface area contributed by atoms with Crippen LogP contribution in [0.5, 0.6) is 0 Å². The molecular weight excluding hydrogens is 647 g/mol. The first-order chi connectivity index (χ1) is 24.1. The number of aromatic nitrogens is 5. The first kappa shape index (κ1) is 30.4. The average molecular weight is 674 g/mol. The van der Waals surface area contributed by atoms with Crippen LogP contribution in [0, 0.1) is 0 Å². The summed E-state index contributed by atoms with van der Waals surface area (Å²) in [5, 5.41) is 4.81. The summed E-state index contributed by atoms with van der Waals surface area (Å²) in [6, 6.07) is 45.4. The standard InChI is InChI=1S/C23H15ClN4.C18H11ClN2/c24-15-10-11-17(22(13-15)26-16-5-4-12-25-14-16)18-6-3-9-21-23(18)28-20-8-2-1-7-19(20)27-21;19-13-10-8-12(9-11-13)14-4-3-7-17-18(14)21-16-6-2-1-5-15(16)20-17/h1-14,26H;1-11H. The molecule has 0 aliphatic heterocycles. The van der Waals surface area contributed by atoms with Crippen molar-refractivity contribution in [1.29, 1.82) is 0 Å². The molecule has 0 saturated heterocycles.